The van der Waals surface area contributed by atoms with Gasteiger partial charge in [0.1, 0.15) is 11.6 Å². The van der Waals surface area contributed by atoms with Crippen LogP contribution in [0, 0.1) is 0 Å². The molecule has 3 heterocycles. The van der Waals surface area contributed by atoms with Crippen molar-refractivity contribution in [1.29, 1.82) is 0 Å². The van der Waals surface area contributed by atoms with E-state index >= 15 is 0 Å². The molecule has 1 atom stereocenters. The summed E-state index contributed by atoms with van der Waals surface area (Å²) in [5.41, 5.74) is 2.45. The third-order valence-corrected chi connectivity index (χ3v) is 5.91. The molecule has 3 aromatic rings. The highest BCUT2D eigenvalue weighted by Crippen LogP contribution is 2.24. The third-order valence-electron chi connectivity index (χ3n) is 5.91. The van der Waals surface area contributed by atoms with Gasteiger partial charge in [-0.25, -0.2) is 4.98 Å². The van der Waals surface area contributed by atoms with Crippen molar-refractivity contribution in [2.75, 3.05) is 32.8 Å². The second kappa shape index (κ2) is 10.6. The topological polar surface area (TPSA) is 53.8 Å². The zero-order valence-corrected chi connectivity index (χ0v) is 18.2. The van der Waals surface area contributed by atoms with Crippen LogP contribution in [0.2, 0.25) is 0 Å². The number of aliphatic hydroxyl groups is 1. The summed E-state index contributed by atoms with van der Waals surface area (Å²) < 4.78 is 7.98. The molecular formula is C25H32N4O2. The van der Waals surface area contributed by atoms with Gasteiger partial charge in [-0.05, 0) is 43.7 Å². The number of nitrogens with zero attached hydrogens (tertiary/aromatic N) is 4. The minimum atomic E-state index is 0.201. The maximum absolute atomic E-state index is 9.69. The second-order valence-electron chi connectivity index (χ2n) is 7.97. The molecule has 0 bridgehead atoms. The summed E-state index contributed by atoms with van der Waals surface area (Å²) in [6, 6.07) is 18.8. The Hall–Kier alpha value is -2.67. The lowest BCUT2D eigenvalue weighted by atomic mass is 10.1. The number of piperazine rings is 1. The summed E-state index contributed by atoms with van der Waals surface area (Å²) in [4.78, 5) is 9.47. The van der Waals surface area contributed by atoms with Crippen molar-refractivity contribution in [3.05, 3.63) is 78.2 Å². The summed E-state index contributed by atoms with van der Waals surface area (Å²) in [6.45, 7) is 7.50. The van der Waals surface area contributed by atoms with E-state index in [0.29, 0.717) is 12.6 Å². The standard InChI is InChI=1S/C25H32N4O2/c1-2-31-24-10-4-3-8-21(24)18-28-16-15-27(19-22(28)12-17-30)20-23-9-7-14-29(23)25-11-5-6-13-26-25/h3-11,13-14,22,30H,2,12,15-20H2,1H3/t22-/m0/s1. The van der Waals surface area contributed by atoms with E-state index in [0.717, 1.165) is 50.7 Å². The first kappa shape index (κ1) is 21.6. The van der Waals surface area contributed by atoms with Crippen LogP contribution in [-0.4, -0.2) is 63.3 Å². The van der Waals surface area contributed by atoms with Crippen molar-refractivity contribution in [2.24, 2.45) is 0 Å². The van der Waals surface area contributed by atoms with Gasteiger partial charge < -0.3 is 14.4 Å². The van der Waals surface area contributed by atoms with E-state index in [-0.39, 0.29) is 6.61 Å². The largest absolute Gasteiger partial charge is 0.494 e. The van der Waals surface area contributed by atoms with Gasteiger partial charge in [-0.2, -0.15) is 0 Å². The van der Waals surface area contributed by atoms with Gasteiger partial charge in [-0.3, -0.25) is 9.80 Å². The molecule has 6 heteroatoms. The molecule has 0 aliphatic carbocycles. The van der Waals surface area contributed by atoms with Gasteiger partial charge in [0.2, 0.25) is 0 Å². The average molecular weight is 421 g/mol. The second-order valence-corrected chi connectivity index (χ2v) is 7.97. The Morgan fingerprint density at radius 2 is 1.90 bits per heavy atom. The van der Waals surface area contributed by atoms with Gasteiger partial charge in [-0.15, -0.1) is 0 Å². The number of benzene rings is 1. The Bertz CT molecular complexity index is 943. The summed E-state index contributed by atoms with van der Waals surface area (Å²) >= 11 is 0. The molecule has 0 unspecified atom stereocenters. The Balaban J connectivity index is 1.44. The van der Waals surface area contributed by atoms with Crippen LogP contribution >= 0.6 is 0 Å². The minimum Gasteiger partial charge on any atom is -0.494 e. The highest BCUT2D eigenvalue weighted by molar-refractivity contribution is 5.33. The molecule has 1 aromatic carbocycles. The molecule has 4 rings (SSSR count). The van der Waals surface area contributed by atoms with Gasteiger partial charge in [0, 0.05) is 69.0 Å². The fraction of sp³-hybridized carbons (Fsp3) is 0.400. The quantitative estimate of drug-likeness (QED) is 0.575. The van der Waals surface area contributed by atoms with Gasteiger partial charge >= 0.3 is 0 Å². The first-order chi connectivity index (χ1) is 15.3. The minimum absolute atomic E-state index is 0.201. The van der Waals surface area contributed by atoms with Crippen molar-refractivity contribution in [1.82, 2.24) is 19.4 Å². The van der Waals surface area contributed by atoms with Crippen LogP contribution in [0.4, 0.5) is 0 Å². The van der Waals surface area contributed by atoms with E-state index in [4.69, 9.17) is 4.74 Å². The molecule has 1 aliphatic rings. The number of aromatic nitrogens is 2. The number of hydrogen-bond acceptors (Lipinski definition) is 5. The molecule has 1 fully saturated rings. The normalized spacial score (nSPS) is 17.7. The fourth-order valence-corrected chi connectivity index (χ4v) is 4.38. The predicted molar refractivity (Wildman–Crippen MR) is 122 cm³/mol. The number of para-hydroxylation sites is 1. The monoisotopic (exact) mass is 420 g/mol. The third kappa shape index (κ3) is 5.34. The van der Waals surface area contributed by atoms with Crippen LogP contribution in [0.3, 0.4) is 0 Å². The zero-order chi connectivity index (χ0) is 21.5. The first-order valence-electron chi connectivity index (χ1n) is 11.1. The summed E-state index contributed by atoms with van der Waals surface area (Å²) in [7, 11) is 0. The molecule has 31 heavy (non-hydrogen) atoms. The number of pyridine rings is 1. The predicted octanol–water partition coefficient (Wildman–Crippen LogP) is 3.34. The Kier molecular flexibility index (Phi) is 7.35. The Morgan fingerprint density at radius 3 is 2.71 bits per heavy atom. The van der Waals surface area contributed by atoms with Crippen molar-refractivity contribution < 1.29 is 9.84 Å². The van der Waals surface area contributed by atoms with Gasteiger partial charge in [-0.1, -0.05) is 24.3 Å². The van der Waals surface area contributed by atoms with E-state index < -0.39 is 0 Å². The highest BCUT2D eigenvalue weighted by atomic mass is 16.5. The van der Waals surface area contributed by atoms with Gasteiger partial charge in [0.15, 0.2) is 0 Å². The molecule has 6 nitrogen and oxygen atoms in total. The van der Waals surface area contributed by atoms with Crippen LogP contribution in [0.1, 0.15) is 24.6 Å². The van der Waals surface area contributed by atoms with Crippen LogP contribution in [0.5, 0.6) is 5.75 Å². The molecular weight excluding hydrogens is 388 g/mol. The fourth-order valence-electron chi connectivity index (χ4n) is 4.38. The van der Waals surface area contributed by atoms with E-state index in [9.17, 15) is 5.11 Å². The first-order valence-corrected chi connectivity index (χ1v) is 11.1. The molecule has 164 valence electrons. The number of rotatable bonds is 9. The maximum Gasteiger partial charge on any atom is 0.136 e. The van der Waals surface area contributed by atoms with Gasteiger partial charge in [0.05, 0.1) is 6.61 Å². The number of hydrogen-bond donors (Lipinski definition) is 1. The van der Waals surface area contributed by atoms with Crippen LogP contribution < -0.4 is 4.74 Å². The molecule has 2 aromatic heterocycles. The highest BCUT2D eigenvalue weighted by Gasteiger charge is 2.27. The Morgan fingerprint density at radius 1 is 1.03 bits per heavy atom. The van der Waals surface area contributed by atoms with Crippen molar-refractivity contribution in [3.8, 4) is 11.6 Å². The molecule has 1 aliphatic heterocycles. The average Bonchev–Trinajstić information content (AvgIpc) is 3.26. The van der Waals surface area contributed by atoms with Gasteiger partial charge in [0.25, 0.3) is 0 Å². The summed E-state index contributed by atoms with van der Waals surface area (Å²) in [5.74, 6) is 1.91. The van der Waals surface area contributed by atoms with E-state index in [1.807, 2.05) is 43.5 Å². The lowest BCUT2D eigenvalue weighted by Crippen LogP contribution is -2.52. The smallest absolute Gasteiger partial charge is 0.136 e. The van der Waals surface area contributed by atoms with E-state index in [1.54, 1.807) is 0 Å². The van der Waals surface area contributed by atoms with Crippen LogP contribution in [0.25, 0.3) is 5.82 Å². The number of aliphatic hydroxyl groups excluding tert-OH is 1. The summed E-state index contributed by atoms with van der Waals surface area (Å²) in [6.07, 6.45) is 4.67. The van der Waals surface area contributed by atoms with Crippen molar-refractivity contribution in [3.63, 3.8) is 0 Å². The SMILES string of the molecule is CCOc1ccccc1CN1CCN(Cc2cccn2-c2ccccn2)C[C@@H]1CCO. The Labute approximate surface area is 184 Å². The molecule has 1 N–H and O–H groups in total. The van der Waals surface area contributed by atoms with Crippen molar-refractivity contribution in [2.45, 2.75) is 32.5 Å². The molecule has 0 amide bonds. The zero-order valence-electron chi connectivity index (χ0n) is 18.2. The van der Waals surface area contributed by atoms with Crippen molar-refractivity contribution >= 4 is 0 Å². The molecule has 0 saturated carbocycles. The maximum atomic E-state index is 9.69. The van der Waals surface area contributed by atoms with E-state index in [1.165, 1.54) is 11.3 Å². The lowest BCUT2D eigenvalue weighted by Gasteiger charge is -2.41. The molecule has 1 saturated heterocycles. The lowest BCUT2D eigenvalue weighted by molar-refractivity contribution is 0.0486. The molecule has 0 spiro atoms. The van der Waals surface area contributed by atoms with E-state index in [2.05, 4.69) is 49.8 Å². The van der Waals surface area contributed by atoms with Crippen LogP contribution in [0.15, 0.2) is 67.0 Å². The molecule has 0 radical (unpaired) electrons. The van der Waals surface area contributed by atoms with Crippen LogP contribution in [-0.2, 0) is 13.1 Å². The summed E-state index contributed by atoms with van der Waals surface area (Å²) in [5, 5.41) is 9.69. The number of ether oxygens (including phenoxy) is 1.